The van der Waals surface area contributed by atoms with E-state index in [2.05, 4.69) is 36.8 Å². The molecule has 1 saturated heterocycles. The van der Waals surface area contributed by atoms with Crippen LogP contribution in [0.1, 0.15) is 32.2 Å². The molecule has 0 spiro atoms. The lowest BCUT2D eigenvalue weighted by Crippen LogP contribution is -2.52. The maximum absolute atomic E-state index is 6.04. The van der Waals surface area contributed by atoms with Crippen molar-refractivity contribution in [3.63, 3.8) is 0 Å². The Kier molecular flexibility index (Phi) is 3.07. The molecule has 4 nitrogen and oxygen atoms in total. The van der Waals surface area contributed by atoms with E-state index < -0.39 is 0 Å². The molecule has 0 bridgehead atoms. The average Bonchev–Trinajstić information content (AvgIpc) is 2.78. The molecule has 0 aliphatic carbocycles. The van der Waals surface area contributed by atoms with Crippen LogP contribution in [0.3, 0.4) is 0 Å². The van der Waals surface area contributed by atoms with Crippen LogP contribution < -0.4 is 5.32 Å². The fourth-order valence-electron chi connectivity index (χ4n) is 2.58. The standard InChI is InChI=1S/C15H21N3O/c1-4-15(2)10-19-13(9-16-15)14-17-11-7-5-6-8-12(11)18(14)3/h5-8,13,16H,4,9-10H2,1-3H3. The van der Waals surface area contributed by atoms with Crippen molar-refractivity contribution < 1.29 is 4.74 Å². The van der Waals surface area contributed by atoms with Crippen molar-refractivity contribution in [3.05, 3.63) is 30.1 Å². The van der Waals surface area contributed by atoms with E-state index in [0.29, 0.717) is 0 Å². The molecular weight excluding hydrogens is 238 g/mol. The first-order chi connectivity index (χ1) is 9.13. The Bertz CT molecular complexity index is 582. The SMILES string of the molecule is CCC1(C)COC(c2nc3ccccc3n2C)CN1. The highest BCUT2D eigenvalue weighted by Crippen LogP contribution is 2.26. The second-order valence-electron chi connectivity index (χ2n) is 5.61. The predicted octanol–water partition coefficient (Wildman–Crippen LogP) is 2.40. The van der Waals surface area contributed by atoms with Gasteiger partial charge in [0, 0.05) is 19.1 Å². The summed E-state index contributed by atoms with van der Waals surface area (Å²) in [7, 11) is 2.06. The van der Waals surface area contributed by atoms with Crippen molar-refractivity contribution >= 4 is 11.0 Å². The topological polar surface area (TPSA) is 39.1 Å². The molecule has 2 atom stereocenters. The highest BCUT2D eigenvalue weighted by molar-refractivity contribution is 5.75. The maximum Gasteiger partial charge on any atom is 0.140 e. The molecule has 1 aromatic heterocycles. The van der Waals surface area contributed by atoms with Gasteiger partial charge in [0.05, 0.1) is 17.6 Å². The third kappa shape index (κ3) is 2.15. The van der Waals surface area contributed by atoms with E-state index in [1.807, 2.05) is 18.2 Å². The predicted molar refractivity (Wildman–Crippen MR) is 76.1 cm³/mol. The molecule has 1 N–H and O–H groups in total. The van der Waals surface area contributed by atoms with Gasteiger partial charge in [-0.15, -0.1) is 0 Å². The van der Waals surface area contributed by atoms with Crippen LogP contribution in [0.15, 0.2) is 24.3 Å². The molecule has 1 fully saturated rings. The van der Waals surface area contributed by atoms with Crippen molar-refractivity contribution in [3.8, 4) is 0 Å². The summed E-state index contributed by atoms with van der Waals surface area (Å²) in [6.07, 6.45) is 1.11. The van der Waals surface area contributed by atoms with Gasteiger partial charge < -0.3 is 14.6 Å². The summed E-state index contributed by atoms with van der Waals surface area (Å²) in [5, 5.41) is 3.59. The molecule has 1 aliphatic heterocycles. The molecule has 2 heterocycles. The Labute approximate surface area is 113 Å². The third-order valence-corrected chi connectivity index (χ3v) is 4.21. The molecular formula is C15H21N3O. The molecule has 102 valence electrons. The molecule has 0 saturated carbocycles. The normalized spacial score (nSPS) is 27.8. The number of aryl methyl sites for hydroxylation is 1. The first-order valence-electron chi connectivity index (χ1n) is 6.91. The monoisotopic (exact) mass is 259 g/mol. The van der Waals surface area contributed by atoms with Gasteiger partial charge in [-0.3, -0.25) is 0 Å². The molecule has 19 heavy (non-hydrogen) atoms. The van der Waals surface area contributed by atoms with Crippen LogP contribution in [0, 0.1) is 0 Å². The van der Waals surface area contributed by atoms with Crippen molar-refractivity contribution in [2.24, 2.45) is 7.05 Å². The summed E-state index contributed by atoms with van der Waals surface area (Å²) < 4.78 is 8.17. The lowest BCUT2D eigenvalue weighted by atomic mass is 9.98. The second-order valence-corrected chi connectivity index (χ2v) is 5.61. The lowest BCUT2D eigenvalue weighted by molar-refractivity contribution is -0.0349. The summed E-state index contributed by atoms with van der Waals surface area (Å²) >= 11 is 0. The van der Waals surface area contributed by atoms with E-state index in [9.17, 15) is 0 Å². The zero-order chi connectivity index (χ0) is 13.5. The highest BCUT2D eigenvalue weighted by atomic mass is 16.5. The lowest BCUT2D eigenvalue weighted by Gasteiger charge is -2.37. The number of morpholine rings is 1. The Morgan fingerprint density at radius 2 is 2.26 bits per heavy atom. The number of imidazole rings is 1. The van der Waals surface area contributed by atoms with Gasteiger partial charge in [-0.05, 0) is 25.5 Å². The van der Waals surface area contributed by atoms with Gasteiger partial charge in [-0.1, -0.05) is 19.1 Å². The van der Waals surface area contributed by atoms with Crippen LogP contribution in [0.2, 0.25) is 0 Å². The van der Waals surface area contributed by atoms with E-state index in [0.717, 1.165) is 36.4 Å². The van der Waals surface area contributed by atoms with Crippen molar-refractivity contribution in [2.45, 2.75) is 31.9 Å². The average molecular weight is 259 g/mol. The molecule has 2 unspecified atom stereocenters. The molecule has 3 rings (SSSR count). The minimum atomic E-state index is 0.0389. The van der Waals surface area contributed by atoms with E-state index in [4.69, 9.17) is 9.72 Å². The molecule has 0 amide bonds. The zero-order valence-electron chi connectivity index (χ0n) is 11.8. The second kappa shape index (κ2) is 4.62. The number of fused-ring (bicyclic) bond motifs is 1. The zero-order valence-corrected chi connectivity index (χ0v) is 11.8. The van der Waals surface area contributed by atoms with E-state index in [-0.39, 0.29) is 11.6 Å². The quantitative estimate of drug-likeness (QED) is 0.900. The van der Waals surface area contributed by atoms with Crippen LogP contribution >= 0.6 is 0 Å². The summed E-state index contributed by atoms with van der Waals surface area (Å²) in [6.45, 7) is 5.95. The van der Waals surface area contributed by atoms with Crippen LogP contribution in [0.4, 0.5) is 0 Å². The van der Waals surface area contributed by atoms with Crippen molar-refractivity contribution in [1.29, 1.82) is 0 Å². The smallest absolute Gasteiger partial charge is 0.140 e. The molecule has 2 aromatic rings. The Morgan fingerprint density at radius 3 is 2.89 bits per heavy atom. The summed E-state index contributed by atoms with van der Waals surface area (Å²) in [5.41, 5.74) is 2.29. The van der Waals surface area contributed by atoms with Crippen LogP contribution in [0.5, 0.6) is 0 Å². The number of benzene rings is 1. The minimum Gasteiger partial charge on any atom is -0.367 e. The first kappa shape index (κ1) is 12.6. The van der Waals surface area contributed by atoms with Crippen LogP contribution in [-0.2, 0) is 11.8 Å². The summed E-state index contributed by atoms with van der Waals surface area (Å²) in [6, 6.07) is 8.21. The Balaban J connectivity index is 1.88. The van der Waals surface area contributed by atoms with Gasteiger partial charge in [-0.2, -0.15) is 0 Å². The van der Waals surface area contributed by atoms with Gasteiger partial charge in [-0.25, -0.2) is 4.98 Å². The number of rotatable bonds is 2. The molecule has 0 radical (unpaired) electrons. The number of hydrogen-bond acceptors (Lipinski definition) is 3. The third-order valence-electron chi connectivity index (χ3n) is 4.21. The molecule has 1 aliphatic rings. The Morgan fingerprint density at radius 1 is 1.47 bits per heavy atom. The van der Waals surface area contributed by atoms with Crippen molar-refractivity contribution in [2.75, 3.05) is 13.2 Å². The van der Waals surface area contributed by atoms with Gasteiger partial charge >= 0.3 is 0 Å². The molecule has 1 aromatic carbocycles. The van der Waals surface area contributed by atoms with Crippen LogP contribution in [-0.4, -0.2) is 28.2 Å². The summed E-state index contributed by atoms with van der Waals surface area (Å²) in [5.74, 6) is 1.01. The number of hydrogen-bond donors (Lipinski definition) is 1. The number of ether oxygens (including phenoxy) is 1. The summed E-state index contributed by atoms with van der Waals surface area (Å²) in [4.78, 5) is 4.71. The highest BCUT2D eigenvalue weighted by Gasteiger charge is 2.32. The fourth-order valence-corrected chi connectivity index (χ4v) is 2.58. The van der Waals surface area contributed by atoms with Gasteiger partial charge in [0.1, 0.15) is 11.9 Å². The van der Waals surface area contributed by atoms with Gasteiger partial charge in [0.15, 0.2) is 0 Å². The molecule has 4 heteroatoms. The minimum absolute atomic E-state index is 0.0389. The number of nitrogens with one attached hydrogen (secondary N) is 1. The number of aromatic nitrogens is 2. The van der Waals surface area contributed by atoms with E-state index in [1.54, 1.807) is 0 Å². The van der Waals surface area contributed by atoms with E-state index in [1.165, 1.54) is 0 Å². The Hall–Kier alpha value is -1.39. The fraction of sp³-hybridized carbons (Fsp3) is 0.533. The maximum atomic E-state index is 6.04. The van der Waals surface area contributed by atoms with Gasteiger partial charge in [0.2, 0.25) is 0 Å². The van der Waals surface area contributed by atoms with Crippen molar-refractivity contribution in [1.82, 2.24) is 14.9 Å². The van der Waals surface area contributed by atoms with Crippen LogP contribution in [0.25, 0.3) is 11.0 Å². The largest absolute Gasteiger partial charge is 0.367 e. The van der Waals surface area contributed by atoms with Gasteiger partial charge in [0.25, 0.3) is 0 Å². The van der Waals surface area contributed by atoms with E-state index >= 15 is 0 Å². The number of nitrogens with zero attached hydrogens (tertiary/aromatic N) is 2. The number of para-hydroxylation sites is 2. The first-order valence-corrected chi connectivity index (χ1v) is 6.91.